The molecule has 0 N–H and O–H groups in total. The molecule has 0 atom stereocenters. The molecule has 0 aliphatic rings. The molecule has 0 unspecified atom stereocenters. The minimum Gasteiger partial charge on any atom is -0.462 e. The van der Waals surface area contributed by atoms with E-state index in [0.29, 0.717) is 4.88 Å². The smallest absolute Gasteiger partial charge is 0.344 e. The van der Waals surface area contributed by atoms with Gasteiger partial charge in [0.25, 0.3) is 4.74 Å². The van der Waals surface area contributed by atoms with E-state index >= 15 is 0 Å². The highest BCUT2D eigenvalue weighted by molar-refractivity contribution is 7.70. The summed E-state index contributed by atoms with van der Waals surface area (Å²) in [5.74, 6) is -0.533. The first-order valence-electron chi connectivity index (χ1n) is 5.09. The van der Waals surface area contributed by atoms with E-state index in [2.05, 4.69) is 0 Å². The number of benzene rings is 1. The molecular formula is C12H10O3S2. The largest absolute Gasteiger partial charge is 0.462 e. The second-order valence-electron chi connectivity index (χ2n) is 3.24. The van der Waals surface area contributed by atoms with Gasteiger partial charge in [0, 0.05) is 0 Å². The summed E-state index contributed by atoms with van der Waals surface area (Å²) in [6, 6.07) is 9.39. The summed E-state index contributed by atoms with van der Waals surface area (Å²) in [6.45, 7) is 1.99. The second-order valence-corrected chi connectivity index (χ2v) is 5.36. The van der Waals surface area contributed by atoms with Crippen LogP contribution in [0.25, 0.3) is 10.4 Å². The molecule has 3 nitrogen and oxygen atoms in total. The van der Waals surface area contributed by atoms with Crippen LogP contribution in [0.1, 0.15) is 17.3 Å². The SMILES string of the molecule is CCOC(=O)c1c(-c2ccccc2)ssc1=O. The molecule has 0 aliphatic heterocycles. The summed E-state index contributed by atoms with van der Waals surface area (Å²) in [6.07, 6.45) is 0. The molecule has 0 spiro atoms. The summed E-state index contributed by atoms with van der Waals surface area (Å²) in [5.41, 5.74) is 1.03. The molecule has 2 rings (SSSR count). The van der Waals surface area contributed by atoms with Gasteiger partial charge < -0.3 is 4.74 Å². The molecule has 0 radical (unpaired) electrons. The summed E-state index contributed by atoms with van der Waals surface area (Å²) < 4.78 is 4.67. The van der Waals surface area contributed by atoms with E-state index in [9.17, 15) is 9.59 Å². The number of carbonyl (C=O) groups excluding carboxylic acids is 1. The molecule has 0 bridgehead atoms. The van der Waals surface area contributed by atoms with Crippen molar-refractivity contribution in [2.45, 2.75) is 6.92 Å². The van der Waals surface area contributed by atoms with Gasteiger partial charge >= 0.3 is 5.97 Å². The van der Waals surface area contributed by atoms with E-state index in [1.807, 2.05) is 30.3 Å². The van der Waals surface area contributed by atoms with Crippen molar-refractivity contribution in [3.8, 4) is 10.4 Å². The molecule has 2 aromatic rings. The maximum absolute atomic E-state index is 11.7. The van der Waals surface area contributed by atoms with Gasteiger partial charge in [0.2, 0.25) is 0 Å². The van der Waals surface area contributed by atoms with Crippen molar-refractivity contribution in [3.63, 3.8) is 0 Å². The Hall–Kier alpha value is -1.46. The van der Waals surface area contributed by atoms with Gasteiger partial charge in [-0.3, -0.25) is 4.79 Å². The molecule has 0 fully saturated rings. The van der Waals surface area contributed by atoms with Gasteiger partial charge in [0.05, 0.1) is 11.5 Å². The number of hydrogen-bond acceptors (Lipinski definition) is 5. The molecule has 0 saturated heterocycles. The van der Waals surface area contributed by atoms with E-state index in [1.54, 1.807) is 6.92 Å². The molecule has 0 amide bonds. The first-order chi connectivity index (χ1) is 8.24. The van der Waals surface area contributed by atoms with Crippen LogP contribution in [0.15, 0.2) is 35.1 Å². The average Bonchev–Trinajstić information content (AvgIpc) is 2.73. The number of hydrogen-bond donors (Lipinski definition) is 0. The third-order valence-corrected chi connectivity index (χ3v) is 4.40. The van der Waals surface area contributed by atoms with Crippen molar-refractivity contribution in [3.05, 3.63) is 45.4 Å². The average molecular weight is 266 g/mol. The van der Waals surface area contributed by atoms with E-state index in [1.165, 1.54) is 10.3 Å². The van der Waals surface area contributed by atoms with Gasteiger partial charge in [-0.1, -0.05) is 40.7 Å². The van der Waals surface area contributed by atoms with Crippen molar-refractivity contribution in [1.82, 2.24) is 0 Å². The zero-order valence-electron chi connectivity index (χ0n) is 9.14. The van der Waals surface area contributed by atoms with Gasteiger partial charge in [-0.15, -0.1) is 0 Å². The molecular weight excluding hydrogens is 256 g/mol. The Morgan fingerprint density at radius 3 is 2.59 bits per heavy atom. The van der Waals surface area contributed by atoms with Crippen LogP contribution in [-0.4, -0.2) is 12.6 Å². The molecule has 88 valence electrons. The van der Waals surface area contributed by atoms with Crippen LogP contribution in [-0.2, 0) is 4.74 Å². The van der Waals surface area contributed by atoms with Gasteiger partial charge in [0.15, 0.2) is 0 Å². The predicted octanol–water partition coefficient (Wildman–Crippen LogP) is 3.01. The summed E-state index contributed by atoms with van der Waals surface area (Å²) in [4.78, 5) is 24.1. The fraction of sp³-hybridized carbons (Fsp3) is 0.167. The van der Waals surface area contributed by atoms with E-state index in [4.69, 9.17) is 4.74 Å². The Morgan fingerprint density at radius 2 is 1.94 bits per heavy atom. The number of carbonyl (C=O) groups is 1. The van der Waals surface area contributed by atoms with Crippen molar-refractivity contribution >= 4 is 26.7 Å². The van der Waals surface area contributed by atoms with Gasteiger partial charge in [0.1, 0.15) is 5.56 Å². The normalized spacial score (nSPS) is 10.2. The second kappa shape index (κ2) is 5.25. The van der Waals surface area contributed by atoms with Crippen LogP contribution >= 0.6 is 20.7 Å². The van der Waals surface area contributed by atoms with Crippen LogP contribution in [0.5, 0.6) is 0 Å². The standard InChI is InChI=1S/C12H10O3S2/c1-2-15-11(13)9-10(16-17-12(9)14)8-6-4-3-5-7-8/h3-7H,2H2,1H3. The molecule has 0 saturated carbocycles. The van der Waals surface area contributed by atoms with Gasteiger partial charge in [-0.2, -0.15) is 0 Å². The first kappa shape index (κ1) is 12.0. The highest BCUT2D eigenvalue weighted by Crippen LogP contribution is 2.29. The van der Waals surface area contributed by atoms with Crippen LogP contribution in [0, 0.1) is 0 Å². The zero-order chi connectivity index (χ0) is 12.3. The van der Waals surface area contributed by atoms with E-state index < -0.39 is 5.97 Å². The Bertz CT molecular complexity index is 569. The molecule has 1 aromatic heterocycles. The summed E-state index contributed by atoms with van der Waals surface area (Å²) in [5, 5.41) is 0. The quantitative estimate of drug-likeness (QED) is 0.633. The highest BCUT2D eigenvalue weighted by Gasteiger charge is 2.20. The first-order valence-corrected chi connectivity index (χ1v) is 7.24. The van der Waals surface area contributed by atoms with Crippen LogP contribution in [0.4, 0.5) is 0 Å². The Labute approximate surface area is 106 Å². The number of ether oxygens (including phenoxy) is 1. The molecule has 0 aliphatic carbocycles. The lowest BCUT2D eigenvalue weighted by molar-refractivity contribution is 0.0527. The molecule has 1 aromatic carbocycles. The number of rotatable bonds is 3. The van der Waals surface area contributed by atoms with Gasteiger partial charge in [-0.05, 0) is 22.8 Å². The molecule has 1 heterocycles. The Morgan fingerprint density at radius 1 is 1.24 bits per heavy atom. The minimum atomic E-state index is -0.533. The van der Waals surface area contributed by atoms with Crippen molar-refractivity contribution in [1.29, 1.82) is 0 Å². The zero-order valence-corrected chi connectivity index (χ0v) is 10.8. The van der Waals surface area contributed by atoms with Crippen LogP contribution in [0.3, 0.4) is 0 Å². The fourth-order valence-electron chi connectivity index (χ4n) is 1.42. The maximum Gasteiger partial charge on any atom is 0.344 e. The molecule has 5 heteroatoms. The minimum absolute atomic E-state index is 0.160. The third-order valence-electron chi connectivity index (χ3n) is 2.15. The third kappa shape index (κ3) is 2.45. The van der Waals surface area contributed by atoms with E-state index in [0.717, 1.165) is 15.9 Å². The summed E-state index contributed by atoms with van der Waals surface area (Å²) >= 11 is 0. The fourth-order valence-corrected chi connectivity index (χ4v) is 3.67. The topological polar surface area (TPSA) is 43.4 Å². The van der Waals surface area contributed by atoms with Crippen LogP contribution < -0.4 is 4.74 Å². The van der Waals surface area contributed by atoms with Gasteiger partial charge in [-0.25, -0.2) is 4.79 Å². The predicted molar refractivity (Wildman–Crippen MR) is 69.9 cm³/mol. The Kier molecular flexibility index (Phi) is 3.71. The van der Waals surface area contributed by atoms with Crippen molar-refractivity contribution in [2.75, 3.05) is 6.61 Å². The van der Waals surface area contributed by atoms with E-state index in [-0.39, 0.29) is 16.9 Å². The van der Waals surface area contributed by atoms with Crippen LogP contribution in [0.2, 0.25) is 0 Å². The lowest BCUT2D eigenvalue weighted by Gasteiger charge is -2.01. The van der Waals surface area contributed by atoms with Crippen molar-refractivity contribution in [2.24, 2.45) is 0 Å². The monoisotopic (exact) mass is 266 g/mol. The summed E-state index contributed by atoms with van der Waals surface area (Å²) in [7, 11) is 2.38. The van der Waals surface area contributed by atoms with Crippen molar-refractivity contribution < 1.29 is 9.53 Å². The maximum atomic E-state index is 11.7. The lowest BCUT2D eigenvalue weighted by atomic mass is 10.1. The highest BCUT2D eigenvalue weighted by atomic mass is 32.9. The Balaban J connectivity index is 2.50. The number of esters is 1. The lowest BCUT2D eigenvalue weighted by Crippen LogP contribution is -2.13. The molecule has 17 heavy (non-hydrogen) atoms.